The number of pyridine rings is 1. The van der Waals surface area contributed by atoms with Crippen molar-refractivity contribution < 1.29 is 4.39 Å². The van der Waals surface area contributed by atoms with Crippen LogP contribution in [0.15, 0.2) is 24.4 Å². The molecule has 0 saturated heterocycles. The van der Waals surface area contributed by atoms with Gasteiger partial charge in [-0.25, -0.2) is 4.39 Å². The van der Waals surface area contributed by atoms with Gasteiger partial charge in [0.2, 0.25) is 0 Å². The summed E-state index contributed by atoms with van der Waals surface area (Å²) in [5.41, 5.74) is 6.14. The minimum absolute atomic E-state index is 0.275. The molecule has 2 nitrogen and oxygen atoms in total. The number of nitrogens with zero attached hydrogens (tertiary/aromatic N) is 1. The maximum atomic E-state index is 13.1. The standard InChI is InChI=1S/C10H8ClFN2/c11-9-4-6(12)3-8-7(9)1-2-14-10(8)5-13/h1-4H,5,13H2. The first-order chi connectivity index (χ1) is 6.72. The molecule has 72 valence electrons. The minimum atomic E-state index is -0.370. The number of fused-ring (bicyclic) bond motifs is 1. The largest absolute Gasteiger partial charge is 0.325 e. The molecule has 0 fully saturated rings. The molecule has 0 atom stereocenters. The highest BCUT2D eigenvalue weighted by Gasteiger charge is 2.06. The summed E-state index contributed by atoms with van der Waals surface area (Å²) in [5.74, 6) is -0.370. The van der Waals surface area contributed by atoms with Crippen molar-refractivity contribution >= 4 is 22.4 Å². The number of rotatable bonds is 1. The van der Waals surface area contributed by atoms with Crippen LogP contribution in [0, 0.1) is 5.82 Å². The van der Waals surface area contributed by atoms with Gasteiger partial charge in [0.15, 0.2) is 0 Å². The summed E-state index contributed by atoms with van der Waals surface area (Å²) < 4.78 is 13.1. The van der Waals surface area contributed by atoms with Gasteiger partial charge in [0.05, 0.1) is 10.7 Å². The summed E-state index contributed by atoms with van der Waals surface area (Å²) in [7, 11) is 0. The Balaban J connectivity index is 2.86. The highest BCUT2D eigenvalue weighted by Crippen LogP contribution is 2.26. The Labute approximate surface area is 85.5 Å². The molecule has 0 radical (unpaired) electrons. The average molecular weight is 211 g/mol. The molecule has 14 heavy (non-hydrogen) atoms. The molecule has 0 spiro atoms. The Morgan fingerprint density at radius 2 is 2.14 bits per heavy atom. The summed E-state index contributed by atoms with van der Waals surface area (Å²) in [6.07, 6.45) is 1.62. The normalized spacial score (nSPS) is 10.8. The summed E-state index contributed by atoms with van der Waals surface area (Å²) in [6, 6.07) is 4.43. The van der Waals surface area contributed by atoms with Gasteiger partial charge in [-0.3, -0.25) is 4.98 Å². The lowest BCUT2D eigenvalue weighted by atomic mass is 10.1. The van der Waals surface area contributed by atoms with E-state index in [9.17, 15) is 4.39 Å². The highest BCUT2D eigenvalue weighted by atomic mass is 35.5. The molecule has 0 aliphatic carbocycles. The molecule has 0 amide bonds. The molecule has 1 aromatic carbocycles. The molecule has 1 aromatic heterocycles. The quantitative estimate of drug-likeness (QED) is 0.786. The van der Waals surface area contributed by atoms with Crippen molar-refractivity contribution in [2.45, 2.75) is 6.54 Å². The second-order valence-corrected chi connectivity index (χ2v) is 3.35. The van der Waals surface area contributed by atoms with Crippen LogP contribution in [-0.4, -0.2) is 4.98 Å². The van der Waals surface area contributed by atoms with Crippen LogP contribution in [0.1, 0.15) is 5.69 Å². The molecule has 4 heteroatoms. The van der Waals surface area contributed by atoms with Crippen molar-refractivity contribution in [2.24, 2.45) is 5.73 Å². The zero-order chi connectivity index (χ0) is 10.1. The van der Waals surface area contributed by atoms with Gasteiger partial charge in [-0.15, -0.1) is 0 Å². The lowest BCUT2D eigenvalue weighted by Gasteiger charge is -2.04. The Bertz CT molecular complexity index is 485. The highest BCUT2D eigenvalue weighted by molar-refractivity contribution is 6.35. The molecule has 0 saturated carbocycles. The van der Waals surface area contributed by atoms with E-state index in [1.807, 2.05) is 0 Å². The summed E-state index contributed by atoms with van der Waals surface area (Å²) in [5, 5.41) is 1.85. The summed E-state index contributed by atoms with van der Waals surface area (Å²) >= 11 is 5.88. The van der Waals surface area contributed by atoms with Gasteiger partial charge in [0.1, 0.15) is 5.82 Å². The maximum Gasteiger partial charge on any atom is 0.125 e. The van der Waals surface area contributed by atoms with E-state index in [2.05, 4.69) is 4.98 Å². The van der Waals surface area contributed by atoms with Gasteiger partial charge < -0.3 is 5.73 Å². The van der Waals surface area contributed by atoms with Crippen LogP contribution in [-0.2, 0) is 6.54 Å². The van der Waals surface area contributed by atoms with Crippen LogP contribution in [0.25, 0.3) is 10.8 Å². The van der Waals surface area contributed by atoms with E-state index in [4.69, 9.17) is 17.3 Å². The van der Waals surface area contributed by atoms with E-state index in [1.165, 1.54) is 12.1 Å². The number of halogens is 2. The molecule has 2 rings (SSSR count). The van der Waals surface area contributed by atoms with Crippen molar-refractivity contribution in [3.8, 4) is 0 Å². The molecule has 0 aliphatic heterocycles. The average Bonchev–Trinajstić information content (AvgIpc) is 2.17. The predicted octanol–water partition coefficient (Wildman–Crippen LogP) is 2.49. The van der Waals surface area contributed by atoms with Crippen LogP contribution in [0.3, 0.4) is 0 Å². The second kappa shape index (κ2) is 3.52. The third-order valence-corrected chi connectivity index (χ3v) is 2.38. The molecule has 0 unspecified atom stereocenters. The van der Waals surface area contributed by atoms with Crippen LogP contribution in [0.2, 0.25) is 5.02 Å². The topological polar surface area (TPSA) is 38.9 Å². The van der Waals surface area contributed by atoms with E-state index in [0.29, 0.717) is 16.1 Å². The number of hydrogen-bond acceptors (Lipinski definition) is 2. The zero-order valence-electron chi connectivity index (χ0n) is 7.30. The Hall–Kier alpha value is -1.19. The molecular weight excluding hydrogens is 203 g/mol. The number of aromatic nitrogens is 1. The van der Waals surface area contributed by atoms with Gasteiger partial charge in [0.25, 0.3) is 0 Å². The first kappa shape index (κ1) is 9.37. The van der Waals surface area contributed by atoms with Gasteiger partial charge in [-0.1, -0.05) is 11.6 Å². The van der Waals surface area contributed by atoms with Crippen molar-refractivity contribution in [1.29, 1.82) is 0 Å². The Kier molecular flexibility index (Phi) is 2.35. The van der Waals surface area contributed by atoms with E-state index < -0.39 is 0 Å². The van der Waals surface area contributed by atoms with Gasteiger partial charge in [-0.2, -0.15) is 0 Å². The SMILES string of the molecule is NCc1nccc2c(Cl)cc(F)cc12. The Morgan fingerprint density at radius 3 is 2.86 bits per heavy atom. The molecule has 0 bridgehead atoms. The van der Waals surface area contributed by atoms with Crippen LogP contribution in [0.5, 0.6) is 0 Å². The van der Waals surface area contributed by atoms with Crippen molar-refractivity contribution in [1.82, 2.24) is 4.98 Å². The minimum Gasteiger partial charge on any atom is -0.325 e. The molecular formula is C10H8ClFN2. The third-order valence-electron chi connectivity index (χ3n) is 2.07. The number of benzene rings is 1. The molecule has 2 aromatic rings. The third kappa shape index (κ3) is 1.45. The summed E-state index contributed by atoms with van der Waals surface area (Å²) in [6.45, 7) is 0.275. The predicted molar refractivity (Wildman–Crippen MR) is 54.6 cm³/mol. The van der Waals surface area contributed by atoms with E-state index >= 15 is 0 Å². The van der Waals surface area contributed by atoms with E-state index in [-0.39, 0.29) is 12.4 Å². The zero-order valence-corrected chi connectivity index (χ0v) is 8.05. The van der Waals surface area contributed by atoms with Gasteiger partial charge in [0, 0.05) is 23.5 Å². The second-order valence-electron chi connectivity index (χ2n) is 2.94. The van der Waals surface area contributed by atoms with Crippen molar-refractivity contribution in [3.63, 3.8) is 0 Å². The number of hydrogen-bond donors (Lipinski definition) is 1. The van der Waals surface area contributed by atoms with Gasteiger partial charge >= 0.3 is 0 Å². The first-order valence-corrected chi connectivity index (χ1v) is 4.53. The Morgan fingerprint density at radius 1 is 1.36 bits per heavy atom. The van der Waals surface area contributed by atoms with Crippen molar-refractivity contribution in [3.05, 3.63) is 40.9 Å². The van der Waals surface area contributed by atoms with Crippen LogP contribution < -0.4 is 5.73 Å². The van der Waals surface area contributed by atoms with Crippen LogP contribution in [0.4, 0.5) is 4.39 Å². The van der Waals surface area contributed by atoms with Gasteiger partial charge in [-0.05, 0) is 18.2 Å². The smallest absolute Gasteiger partial charge is 0.125 e. The van der Waals surface area contributed by atoms with E-state index in [1.54, 1.807) is 12.3 Å². The lowest BCUT2D eigenvalue weighted by molar-refractivity contribution is 0.629. The van der Waals surface area contributed by atoms with Crippen molar-refractivity contribution in [2.75, 3.05) is 0 Å². The molecule has 1 heterocycles. The monoisotopic (exact) mass is 210 g/mol. The summed E-state index contributed by atoms with van der Waals surface area (Å²) in [4.78, 5) is 4.06. The molecule has 0 aliphatic rings. The fourth-order valence-corrected chi connectivity index (χ4v) is 1.70. The lowest BCUT2D eigenvalue weighted by Crippen LogP contribution is -2.00. The number of nitrogens with two attached hydrogens (primary N) is 1. The fourth-order valence-electron chi connectivity index (χ4n) is 1.43. The molecule has 2 N–H and O–H groups in total. The maximum absolute atomic E-state index is 13.1. The van der Waals surface area contributed by atoms with E-state index in [0.717, 1.165) is 5.39 Å². The fraction of sp³-hybridized carbons (Fsp3) is 0.100. The van der Waals surface area contributed by atoms with Crippen LogP contribution >= 0.6 is 11.6 Å². The first-order valence-electron chi connectivity index (χ1n) is 4.15.